The summed E-state index contributed by atoms with van der Waals surface area (Å²) in [5.41, 5.74) is 5.12. The van der Waals surface area contributed by atoms with Crippen LogP contribution in [0.15, 0.2) is 40.9 Å². The fraction of sp³-hybridized carbons (Fsp3) is 0.350. The summed E-state index contributed by atoms with van der Waals surface area (Å²) in [5, 5.41) is 3.07. The number of halogens is 1. The van der Waals surface area contributed by atoms with Crippen LogP contribution < -0.4 is 5.32 Å². The smallest absolute Gasteiger partial charge is 0.255 e. The zero-order valence-electron chi connectivity index (χ0n) is 14.5. The van der Waals surface area contributed by atoms with Gasteiger partial charge in [-0.05, 0) is 59.7 Å². The van der Waals surface area contributed by atoms with Crippen LogP contribution in [0.2, 0.25) is 0 Å². The second-order valence-electron chi connectivity index (χ2n) is 6.89. The summed E-state index contributed by atoms with van der Waals surface area (Å²) >= 11 is 3.51. The van der Waals surface area contributed by atoms with E-state index in [-0.39, 0.29) is 11.3 Å². The van der Waals surface area contributed by atoms with Gasteiger partial charge in [0.25, 0.3) is 5.91 Å². The van der Waals surface area contributed by atoms with E-state index in [1.165, 1.54) is 5.56 Å². The van der Waals surface area contributed by atoms with Gasteiger partial charge in [0.2, 0.25) is 0 Å². The van der Waals surface area contributed by atoms with Crippen molar-refractivity contribution in [2.24, 2.45) is 0 Å². The second kappa shape index (κ2) is 6.88. The van der Waals surface area contributed by atoms with Gasteiger partial charge >= 0.3 is 0 Å². The molecule has 0 aliphatic carbocycles. The molecule has 0 spiro atoms. The molecule has 0 saturated carbocycles. The molecule has 0 atom stereocenters. The van der Waals surface area contributed by atoms with Crippen LogP contribution in [-0.2, 0) is 11.8 Å². The first-order valence-corrected chi connectivity index (χ1v) is 8.72. The monoisotopic (exact) mass is 373 g/mol. The maximum absolute atomic E-state index is 12.6. The van der Waals surface area contributed by atoms with Gasteiger partial charge in [0.15, 0.2) is 0 Å². The van der Waals surface area contributed by atoms with E-state index in [1.807, 2.05) is 37.3 Å². The number of hydrogen-bond acceptors (Lipinski definition) is 1. The molecule has 0 fully saturated rings. The lowest BCUT2D eigenvalue weighted by Gasteiger charge is -2.19. The van der Waals surface area contributed by atoms with Gasteiger partial charge in [0, 0.05) is 15.7 Å². The van der Waals surface area contributed by atoms with E-state index in [0.29, 0.717) is 5.56 Å². The first-order valence-electron chi connectivity index (χ1n) is 7.93. The molecule has 0 aliphatic rings. The molecule has 3 heteroatoms. The van der Waals surface area contributed by atoms with Crippen LogP contribution >= 0.6 is 15.9 Å². The van der Waals surface area contributed by atoms with Gasteiger partial charge in [-0.3, -0.25) is 4.79 Å². The highest BCUT2D eigenvalue weighted by molar-refractivity contribution is 9.10. The van der Waals surface area contributed by atoms with Gasteiger partial charge in [-0.25, -0.2) is 0 Å². The molecule has 2 aromatic carbocycles. The van der Waals surface area contributed by atoms with E-state index in [4.69, 9.17) is 0 Å². The molecule has 0 bridgehead atoms. The molecule has 0 radical (unpaired) electrons. The molecule has 0 unspecified atom stereocenters. The average molecular weight is 374 g/mol. The number of anilines is 1. The van der Waals surface area contributed by atoms with Crippen molar-refractivity contribution >= 4 is 27.5 Å². The Labute approximate surface area is 147 Å². The minimum absolute atomic E-state index is 0.0643. The molecule has 1 N–H and O–H groups in total. The standard InChI is InChI=1S/C20H24BrNO/c1-6-14-12-17(21)11-13(2)18(14)22-19(23)15-7-9-16(10-8-15)20(3,4)5/h7-12H,6H2,1-5H3,(H,22,23). The van der Waals surface area contributed by atoms with Crippen molar-refractivity contribution in [2.75, 3.05) is 5.32 Å². The van der Waals surface area contributed by atoms with E-state index in [2.05, 4.69) is 55.0 Å². The zero-order valence-corrected chi connectivity index (χ0v) is 16.0. The minimum Gasteiger partial charge on any atom is -0.321 e. The summed E-state index contributed by atoms with van der Waals surface area (Å²) < 4.78 is 1.04. The Hall–Kier alpha value is -1.61. The van der Waals surface area contributed by atoms with Crippen molar-refractivity contribution in [3.8, 4) is 0 Å². The Morgan fingerprint density at radius 2 is 1.74 bits per heavy atom. The van der Waals surface area contributed by atoms with Gasteiger partial charge in [-0.15, -0.1) is 0 Å². The lowest BCUT2D eigenvalue weighted by molar-refractivity contribution is 0.102. The third kappa shape index (κ3) is 4.23. The molecule has 2 rings (SSSR count). The van der Waals surface area contributed by atoms with E-state index in [1.54, 1.807) is 0 Å². The van der Waals surface area contributed by atoms with Crippen LogP contribution in [0.1, 0.15) is 54.7 Å². The van der Waals surface area contributed by atoms with Gasteiger partial charge < -0.3 is 5.32 Å². The topological polar surface area (TPSA) is 29.1 Å². The van der Waals surface area contributed by atoms with Crippen LogP contribution in [0.3, 0.4) is 0 Å². The van der Waals surface area contributed by atoms with Gasteiger partial charge in [-0.2, -0.15) is 0 Å². The van der Waals surface area contributed by atoms with Crippen molar-refractivity contribution in [2.45, 2.75) is 46.5 Å². The van der Waals surface area contributed by atoms with E-state index in [0.717, 1.165) is 27.7 Å². The molecule has 2 aromatic rings. The number of hydrogen-bond donors (Lipinski definition) is 1. The maximum atomic E-state index is 12.6. The SMILES string of the molecule is CCc1cc(Br)cc(C)c1NC(=O)c1ccc(C(C)(C)C)cc1. The van der Waals surface area contributed by atoms with Crippen LogP contribution in [0.25, 0.3) is 0 Å². The molecular weight excluding hydrogens is 350 g/mol. The average Bonchev–Trinajstić information content (AvgIpc) is 2.48. The van der Waals surface area contributed by atoms with Crippen molar-refractivity contribution in [1.82, 2.24) is 0 Å². The molecule has 0 saturated heterocycles. The Balaban J connectivity index is 2.26. The number of nitrogens with one attached hydrogen (secondary N) is 1. The summed E-state index contributed by atoms with van der Waals surface area (Å²) in [6.45, 7) is 10.6. The van der Waals surface area contributed by atoms with Crippen LogP contribution in [0.5, 0.6) is 0 Å². The van der Waals surface area contributed by atoms with Gasteiger partial charge in [-0.1, -0.05) is 55.8 Å². The summed E-state index contributed by atoms with van der Waals surface area (Å²) in [7, 11) is 0. The third-order valence-corrected chi connectivity index (χ3v) is 4.47. The summed E-state index contributed by atoms with van der Waals surface area (Å²) in [6, 6.07) is 11.9. The maximum Gasteiger partial charge on any atom is 0.255 e. The molecule has 0 aromatic heterocycles. The molecule has 0 aliphatic heterocycles. The highest BCUT2D eigenvalue weighted by Gasteiger charge is 2.15. The molecule has 0 heterocycles. The summed E-state index contributed by atoms with van der Waals surface area (Å²) in [5.74, 6) is -0.0643. The fourth-order valence-corrected chi connectivity index (χ4v) is 3.20. The molecule has 1 amide bonds. The zero-order chi connectivity index (χ0) is 17.2. The number of aryl methyl sites for hydroxylation is 2. The molecule has 2 nitrogen and oxygen atoms in total. The summed E-state index contributed by atoms with van der Waals surface area (Å²) in [4.78, 5) is 12.6. The normalized spacial score (nSPS) is 11.4. The number of rotatable bonds is 3. The summed E-state index contributed by atoms with van der Waals surface area (Å²) in [6.07, 6.45) is 0.874. The number of benzene rings is 2. The Morgan fingerprint density at radius 1 is 1.13 bits per heavy atom. The lowest BCUT2D eigenvalue weighted by Crippen LogP contribution is -2.16. The Kier molecular flexibility index (Phi) is 5.30. The van der Waals surface area contributed by atoms with Crippen LogP contribution in [0.4, 0.5) is 5.69 Å². The number of amides is 1. The van der Waals surface area contributed by atoms with Crippen molar-refractivity contribution in [3.05, 3.63) is 63.1 Å². The fourth-order valence-electron chi connectivity index (χ4n) is 2.58. The second-order valence-corrected chi connectivity index (χ2v) is 7.81. The van der Waals surface area contributed by atoms with Crippen molar-refractivity contribution in [1.29, 1.82) is 0 Å². The van der Waals surface area contributed by atoms with E-state index in [9.17, 15) is 4.79 Å². The Bertz CT molecular complexity index is 712. The van der Waals surface area contributed by atoms with E-state index < -0.39 is 0 Å². The van der Waals surface area contributed by atoms with Gasteiger partial charge in [0.05, 0.1) is 0 Å². The van der Waals surface area contributed by atoms with Crippen molar-refractivity contribution in [3.63, 3.8) is 0 Å². The third-order valence-electron chi connectivity index (χ3n) is 4.01. The lowest BCUT2D eigenvalue weighted by atomic mass is 9.86. The molecule has 122 valence electrons. The van der Waals surface area contributed by atoms with Crippen molar-refractivity contribution < 1.29 is 4.79 Å². The number of carbonyl (C=O) groups is 1. The Morgan fingerprint density at radius 3 is 2.26 bits per heavy atom. The quantitative estimate of drug-likeness (QED) is 0.715. The highest BCUT2D eigenvalue weighted by atomic mass is 79.9. The first-order chi connectivity index (χ1) is 10.7. The predicted molar refractivity (Wildman–Crippen MR) is 101 cm³/mol. The molecule has 23 heavy (non-hydrogen) atoms. The minimum atomic E-state index is -0.0643. The first kappa shape index (κ1) is 17.7. The van der Waals surface area contributed by atoms with Crippen LogP contribution in [-0.4, -0.2) is 5.91 Å². The largest absolute Gasteiger partial charge is 0.321 e. The van der Waals surface area contributed by atoms with Gasteiger partial charge in [0.1, 0.15) is 0 Å². The van der Waals surface area contributed by atoms with E-state index >= 15 is 0 Å². The van der Waals surface area contributed by atoms with Crippen LogP contribution in [0, 0.1) is 6.92 Å². The molecular formula is C20H24BrNO. The highest BCUT2D eigenvalue weighted by Crippen LogP contribution is 2.27. The number of carbonyl (C=O) groups excluding carboxylic acids is 1. The predicted octanol–water partition coefficient (Wildman–Crippen LogP) is 5.87.